The molecule has 0 fully saturated rings. The van der Waals surface area contributed by atoms with E-state index in [-0.39, 0.29) is 12.4 Å². The number of primary amides is 1. The first-order valence-corrected chi connectivity index (χ1v) is 5.83. The van der Waals surface area contributed by atoms with Gasteiger partial charge in [0.05, 0.1) is 6.54 Å². The van der Waals surface area contributed by atoms with E-state index in [9.17, 15) is 14.0 Å². The zero-order valence-corrected chi connectivity index (χ0v) is 10.4. The van der Waals surface area contributed by atoms with Gasteiger partial charge in [-0.1, -0.05) is 0 Å². The first-order chi connectivity index (χ1) is 9.02. The number of benzene rings is 1. The Balaban J connectivity index is 2.73. The van der Waals surface area contributed by atoms with E-state index in [1.165, 1.54) is 12.1 Å². The molecule has 0 heterocycles. The van der Waals surface area contributed by atoms with Crippen molar-refractivity contribution in [1.82, 2.24) is 5.32 Å². The summed E-state index contributed by atoms with van der Waals surface area (Å²) in [6.07, 6.45) is 0.668. The van der Waals surface area contributed by atoms with E-state index < -0.39 is 11.9 Å². The number of urea groups is 1. The lowest BCUT2D eigenvalue weighted by molar-refractivity contribution is -0.118. The molecule has 19 heavy (non-hydrogen) atoms. The average Bonchev–Trinajstić information content (AvgIpc) is 2.34. The number of hydrogen-bond acceptors (Lipinski definition) is 4. The lowest BCUT2D eigenvalue weighted by Crippen LogP contribution is -2.43. The molecule has 1 rings (SSSR count). The predicted octanol–water partition coefficient (Wildman–Crippen LogP) is 0.176. The molecule has 104 valence electrons. The second kappa shape index (κ2) is 7.32. The lowest BCUT2D eigenvalue weighted by atomic mass is 10.2. The molecule has 0 bridgehead atoms. The van der Waals surface area contributed by atoms with Crippen LogP contribution in [0.2, 0.25) is 0 Å². The molecule has 0 atom stereocenters. The average molecular weight is 268 g/mol. The number of carbonyl (C=O) groups excluding carboxylic acids is 2. The Hall–Kier alpha value is -2.15. The minimum atomic E-state index is -0.900. The Kier molecular flexibility index (Phi) is 5.74. The minimum absolute atomic E-state index is 0.0471. The topological polar surface area (TPSA) is 101 Å². The number of anilines is 1. The molecule has 0 saturated carbocycles. The van der Waals surface area contributed by atoms with Crippen molar-refractivity contribution in [2.24, 2.45) is 11.5 Å². The van der Waals surface area contributed by atoms with Gasteiger partial charge in [-0.05, 0) is 37.2 Å². The van der Waals surface area contributed by atoms with Gasteiger partial charge in [-0.2, -0.15) is 0 Å². The van der Waals surface area contributed by atoms with Crippen LogP contribution in [0.4, 0.5) is 14.9 Å². The molecular weight excluding hydrogens is 251 g/mol. The molecule has 3 amide bonds. The van der Waals surface area contributed by atoms with Crippen molar-refractivity contribution in [3.05, 3.63) is 30.1 Å². The van der Waals surface area contributed by atoms with E-state index in [0.29, 0.717) is 25.2 Å². The van der Waals surface area contributed by atoms with E-state index in [4.69, 9.17) is 11.5 Å². The van der Waals surface area contributed by atoms with Gasteiger partial charge in [0, 0.05) is 12.2 Å². The van der Waals surface area contributed by atoms with Crippen molar-refractivity contribution in [3.8, 4) is 0 Å². The molecule has 0 spiro atoms. The van der Waals surface area contributed by atoms with Crippen molar-refractivity contribution < 1.29 is 14.0 Å². The van der Waals surface area contributed by atoms with Crippen molar-refractivity contribution in [3.63, 3.8) is 0 Å². The van der Waals surface area contributed by atoms with Gasteiger partial charge in [0.15, 0.2) is 0 Å². The highest BCUT2D eigenvalue weighted by atomic mass is 19.1. The first kappa shape index (κ1) is 14.9. The molecule has 7 heteroatoms. The van der Waals surface area contributed by atoms with E-state index >= 15 is 0 Å². The number of halogens is 1. The van der Waals surface area contributed by atoms with Crippen LogP contribution >= 0.6 is 0 Å². The number of rotatable bonds is 6. The van der Waals surface area contributed by atoms with Crippen LogP contribution in [0.3, 0.4) is 0 Å². The Labute approximate surface area is 110 Å². The van der Waals surface area contributed by atoms with Gasteiger partial charge in [0.25, 0.3) is 0 Å². The fourth-order valence-corrected chi connectivity index (χ4v) is 1.58. The van der Waals surface area contributed by atoms with Crippen molar-refractivity contribution >= 4 is 17.6 Å². The van der Waals surface area contributed by atoms with E-state index in [1.807, 2.05) is 5.32 Å². The van der Waals surface area contributed by atoms with Crippen molar-refractivity contribution in [1.29, 1.82) is 0 Å². The molecule has 0 aromatic heterocycles. The molecule has 1 aromatic rings. The summed E-state index contributed by atoms with van der Waals surface area (Å²) in [6.45, 7) is 0.942. The molecule has 1 aromatic carbocycles. The lowest BCUT2D eigenvalue weighted by Gasteiger charge is -2.23. The Morgan fingerprint density at radius 2 is 1.89 bits per heavy atom. The molecule has 0 saturated heterocycles. The van der Waals surface area contributed by atoms with Gasteiger partial charge in [-0.25, -0.2) is 9.18 Å². The molecule has 6 nitrogen and oxygen atoms in total. The number of nitrogens with zero attached hydrogens (tertiary/aromatic N) is 1. The number of nitrogens with one attached hydrogen (secondary N) is 1. The maximum absolute atomic E-state index is 12.9. The predicted molar refractivity (Wildman–Crippen MR) is 70.0 cm³/mol. The van der Waals surface area contributed by atoms with Gasteiger partial charge in [-0.3, -0.25) is 10.1 Å². The van der Waals surface area contributed by atoms with Gasteiger partial charge in [-0.15, -0.1) is 0 Å². The molecule has 0 unspecified atom stereocenters. The standard InChI is InChI=1S/C12H17FN4O2/c13-9-2-4-10(5-3-9)17(7-1-6-14)8-11(18)16-12(15)19/h2-5H,1,6-8,14H2,(H3,15,16,18,19). The van der Waals surface area contributed by atoms with Crippen LogP contribution in [0.15, 0.2) is 24.3 Å². The highest BCUT2D eigenvalue weighted by molar-refractivity contribution is 5.95. The van der Waals surface area contributed by atoms with Crippen LogP contribution in [0.5, 0.6) is 0 Å². The summed E-state index contributed by atoms with van der Waals surface area (Å²) in [5, 5.41) is 1.98. The summed E-state index contributed by atoms with van der Waals surface area (Å²) in [5.41, 5.74) is 11.0. The van der Waals surface area contributed by atoms with E-state index in [0.717, 1.165) is 0 Å². The third-order valence-corrected chi connectivity index (χ3v) is 2.42. The third kappa shape index (κ3) is 5.35. The number of imide groups is 1. The first-order valence-electron chi connectivity index (χ1n) is 5.83. The van der Waals surface area contributed by atoms with Gasteiger partial charge in [0.1, 0.15) is 5.82 Å². The van der Waals surface area contributed by atoms with Gasteiger partial charge in [0.2, 0.25) is 5.91 Å². The van der Waals surface area contributed by atoms with Crippen LogP contribution in [0.1, 0.15) is 6.42 Å². The SMILES string of the molecule is NCCCN(CC(=O)NC(N)=O)c1ccc(F)cc1. The highest BCUT2D eigenvalue weighted by Crippen LogP contribution is 2.14. The van der Waals surface area contributed by atoms with Crippen LogP contribution in [-0.4, -0.2) is 31.6 Å². The monoisotopic (exact) mass is 268 g/mol. The smallest absolute Gasteiger partial charge is 0.318 e. The van der Waals surface area contributed by atoms with Crippen LogP contribution in [0, 0.1) is 5.82 Å². The minimum Gasteiger partial charge on any atom is -0.362 e. The van der Waals surface area contributed by atoms with Crippen LogP contribution in [-0.2, 0) is 4.79 Å². The second-order valence-corrected chi connectivity index (χ2v) is 3.95. The fraction of sp³-hybridized carbons (Fsp3) is 0.333. The molecule has 0 aliphatic rings. The van der Waals surface area contributed by atoms with Crippen LogP contribution < -0.4 is 21.7 Å². The molecule has 0 aliphatic carbocycles. The molecule has 0 radical (unpaired) electrons. The van der Waals surface area contributed by atoms with Crippen molar-refractivity contribution in [2.45, 2.75) is 6.42 Å². The Morgan fingerprint density at radius 1 is 1.26 bits per heavy atom. The molecular formula is C12H17FN4O2. The van der Waals surface area contributed by atoms with E-state index in [1.54, 1.807) is 17.0 Å². The summed E-state index contributed by atoms with van der Waals surface area (Å²) in [4.78, 5) is 23.8. The normalized spacial score (nSPS) is 10.0. The maximum Gasteiger partial charge on any atom is 0.318 e. The fourth-order valence-electron chi connectivity index (χ4n) is 1.58. The van der Waals surface area contributed by atoms with Crippen LogP contribution in [0.25, 0.3) is 0 Å². The largest absolute Gasteiger partial charge is 0.362 e. The second-order valence-electron chi connectivity index (χ2n) is 3.95. The van der Waals surface area contributed by atoms with Gasteiger partial charge < -0.3 is 16.4 Å². The summed E-state index contributed by atoms with van der Waals surface area (Å²) in [6, 6.07) is 4.82. The summed E-state index contributed by atoms with van der Waals surface area (Å²) in [7, 11) is 0. The number of nitrogens with two attached hydrogens (primary N) is 2. The summed E-state index contributed by atoms with van der Waals surface area (Å²) >= 11 is 0. The number of carbonyl (C=O) groups is 2. The van der Waals surface area contributed by atoms with E-state index in [2.05, 4.69) is 0 Å². The zero-order chi connectivity index (χ0) is 14.3. The quantitative estimate of drug-likeness (QED) is 0.684. The zero-order valence-electron chi connectivity index (χ0n) is 10.4. The Bertz CT molecular complexity index is 436. The molecule has 0 aliphatic heterocycles. The number of hydrogen-bond donors (Lipinski definition) is 3. The Morgan fingerprint density at radius 3 is 2.42 bits per heavy atom. The van der Waals surface area contributed by atoms with Gasteiger partial charge >= 0.3 is 6.03 Å². The number of amides is 3. The highest BCUT2D eigenvalue weighted by Gasteiger charge is 2.12. The molecule has 5 N–H and O–H groups in total. The maximum atomic E-state index is 12.9. The summed E-state index contributed by atoms with van der Waals surface area (Å²) < 4.78 is 12.9. The summed E-state index contributed by atoms with van der Waals surface area (Å²) in [5.74, 6) is -0.877. The van der Waals surface area contributed by atoms with Crippen molar-refractivity contribution in [2.75, 3.05) is 24.5 Å². The third-order valence-electron chi connectivity index (χ3n) is 2.42.